The van der Waals surface area contributed by atoms with Crippen LogP contribution < -0.4 is 5.43 Å². The lowest BCUT2D eigenvalue weighted by Gasteiger charge is -2.27. The lowest BCUT2D eigenvalue weighted by molar-refractivity contribution is 0.240. The quantitative estimate of drug-likeness (QED) is 0.516. The Morgan fingerprint density at radius 2 is 2.03 bits per heavy atom. The van der Waals surface area contributed by atoms with Gasteiger partial charge in [-0.1, -0.05) is 11.6 Å². The fourth-order valence-electron chi connectivity index (χ4n) is 3.64. The van der Waals surface area contributed by atoms with E-state index in [0.29, 0.717) is 40.5 Å². The Kier molecular flexibility index (Phi) is 4.58. The second-order valence-electron chi connectivity index (χ2n) is 7.09. The van der Waals surface area contributed by atoms with E-state index in [4.69, 9.17) is 21.0 Å². The number of nitrogens with zero attached hydrogens (tertiary/aromatic N) is 4. The van der Waals surface area contributed by atoms with E-state index >= 15 is 0 Å². The Bertz CT molecular complexity index is 1260. The number of hydrogen-bond acceptors (Lipinski definition) is 6. The molecule has 7 heteroatoms. The van der Waals surface area contributed by atoms with Gasteiger partial charge in [0.25, 0.3) is 0 Å². The zero-order valence-corrected chi connectivity index (χ0v) is 16.3. The number of aromatic nitrogens is 3. The van der Waals surface area contributed by atoms with E-state index in [1.54, 1.807) is 36.9 Å². The van der Waals surface area contributed by atoms with Crippen molar-refractivity contribution in [2.24, 2.45) is 0 Å². The zero-order chi connectivity index (χ0) is 19.8. The van der Waals surface area contributed by atoms with Crippen molar-refractivity contribution in [1.29, 1.82) is 0 Å². The number of rotatable bonds is 3. The van der Waals surface area contributed by atoms with Crippen molar-refractivity contribution in [1.82, 2.24) is 19.9 Å². The second kappa shape index (κ2) is 7.39. The molecule has 1 aromatic carbocycles. The summed E-state index contributed by atoms with van der Waals surface area (Å²) in [6.07, 6.45) is 7.72. The van der Waals surface area contributed by atoms with Gasteiger partial charge in [-0.05, 0) is 30.3 Å². The number of benzene rings is 1. The van der Waals surface area contributed by atoms with E-state index in [1.165, 1.54) is 0 Å². The van der Waals surface area contributed by atoms with Crippen molar-refractivity contribution in [3.05, 3.63) is 87.3 Å². The predicted molar refractivity (Wildman–Crippen MR) is 111 cm³/mol. The highest BCUT2D eigenvalue weighted by molar-refractivity contribution is 6.31. The third-order valence-electron chi connectivity index (χ3n) is 5.15. The van der Waals surface area contributed by atoms with E-state index in [0.717, 1.165) is 29.8 Å². The molecular weight excluding hydrogens is 388 g/mol. The van der Waals surface area contributed by atoms with E-state index in [9.17, 15) is 4.79 Å². The summed E-state index contributed by atoms with van der Waals surface area (Å²) in [5.74, 6) is 0.714. The molecule has 1 aliphatic rings. The minimum atomic E-state index is -0.0381. The maximum atomic E-state index is 12.8. The van der Waals surface area contributed by atoms with E-state index in [1.807, 2.05) is 18.3 Å². The topological polar surface area (TPSA) is 72.1 Å². The van der Waals surface area contributed by atoms with Crippen LogP contribution in [0.4, 0.5) is 0 Å². The fraction of sp³-hybridized carbons (Fsp3) is 0.182. The van der Waals surface area contributed by atoms with Gasteiger partial charge in [-0.2, -0.15) is 0 Å². The molecule has 0 N–H and O–H groups in total. The maximum Gasteiger partial charge on any atom is 0.197 e. The number of halogens is 1. The van der Waals surface area contributed by atoms with Gasteiger partial charge < -0.3 is 4.42 Å². The largest absolute Gasteiger partial charge is 0.464 e. The van der Waals surface area contributed by atoms with Crippen LogP contribution in [-0.4, -0.2) is 26.4 Å². The Hall–Kier alpha value is -3.09. The summed E-state index contributed by atoms with van der Waals surface area (Å²) in [6.45, 7) is 2.02. The van der Waals surface area contributed by atoms with Crippen LogP contribution in [0.5, 0.6) is 0 Å². The first-order chi connectivity index (χ1) is 14.2. The van der Waals surface area contributed by atoms with Crippen molar-refractivity contribution in [3.63, 3.8) is 0 Å². The van der Waals surface area contributed by atoms with Gasteiger partial charge in [0.1, 0.15) is 5.58 Å². The van der Waals surface area contributed by atoms with Crippen molar-refractivity contribution >= 4 is 22.6 Å². The molecule has 4 aromatic rings. The molecule has 1 aliphatic heterocycles. The van der Waals surface area contributed by atoms with Gasteiger partial charge >= 0.3 is 0 Å². The molecule has 29 heavy (non-hydrogen) atoms. The molecule has 0 radical (unpaired) electrons. The molecule has 0 spiro atoms. The summed E-state index contributed by atoms with van der Waals surface area (Å²) in [4.78, 5) is 28.3. The highest BCUT2D eigenvalue weighted by atomic mass is 35.5. The van der Waals surface area contributed by atoms with Crippen LogP contribution >= 0.6 is 11.6 Å². The average molecular weight is 405 g/mol. The van der Waals surface area contributed by atoms with E-state index < -0.39 is 0 Å². The molecule has 5 rings (SSSR count). The summed E-state index contributed by atoms with van der Waals surface area (Å²) in [6, 6.07) is 8.91. The lowest BCUT2D eigenvalue weighted by atomic mass is 10.1. The van der Waals surface area contributed by atoms with Crippen LogP contribution in [0.3, 0.4) is 0 Å². The first kappa shape index (κ1) is 18.0. The summed E-state index contributed by atoms with van der Waals surface area (Å²) in [5, 5.41) is 1.04. The van der Waals surface area contributed by atoms with E-state index in [2.05, 4.69) is 14.9 Å². The Morgan fingerprint density at radius 1 is 1.17 bits per heavy atom. The first-order valence-corrected chi connectivity index (χ1v) is 9.73. The normalized spacial score (nSPS) is 14.1. The molecule has 0 saturated heterocycles. The van der Waals surface area contributed by atoms with Gasteiger partial charge in [0.05, 0.1) is 17.3 Å². The van der Waals surface area contributed by atoms with E-state index in [-0.39, 0.29) is 5.43 Å². The SMILES string of the molecule is O=c1c(CN2CCc3nc(-c4ccncc4)ncc3C2)coc2ccc(Cl)cc12. The van der Waals surface area contributed by atoms with Gasteiger partial charge in [0, 0.05) is 66.4 Å². The number of fused-ring (bicyclic) bond motifs is 2. The van der Waals surface area contributed by atoms with Crippen LogP contribution in [-0.2, 0) is 19.5 Å². The van der Waals surface area contributed by atoms with Crippen LogP contribution in [0.2, 0.25) is 5.02 Å². The van der Waals surface area contributed by atoms with Crippen LogP contribution in [0.15, 0.2) is 64.4 Å². The van der Waals surface area contributed by atoms with Crippen molar-refractivity contribution in [2.45, 2.75) is 19.5 Å². The molecule has 0 unspecified atom stereocenters. The Morgan fingerprint density at radius 3 is 2.90 bits per heavy atom. The predicted octanol–water partition coefficient (Wildman–Crippen LogP) is 3.86. The molecule has 0 fully saturated rings. The average Bonchev–Trinajstić information content (AvgIpc) is 2.76. The molecule has 0 amide bonds. The third-order valence-corrected chi connectivity index (χ3v) is 5.39. The van der Waals surface area contributed by atoms with Crippen LogP contribution in [0.25, 0.3) is 22.4 Å². The molecule has 0 aliphatic carbocycles. The van der Waals surface area contributed by atoms with Crippen LogP contribution in [0.1, 0.15) is 16.8 Å². The fourth-order valence-corrected chi connectivity index (χ4v) is 3.82. The molecule has 0 atom stereocenters. The molecule has 0 saturated carbocycles. The third kappa shape index (κ3) is 3.52. The van der Waals surface area contributed by atoms with Crippen molar-refractivity contribution < 1.29 is 4.42 Å². The van der Waals surface area contributed by atoms with Gasteiger partial charge in [-0.25, -0.2) is 9.97 Å². The maximum absolute atomic E-state index is 12.8. The van der Waals surface area contributed by atoms with Crippen molar-refractivity contribution in [3.8, 4) is 11.4 Å². The minimum absolute atomic E-state index is 0.0381. The molecule has 3 aromatic heterocycles. The monoisotopic (exact) mass is 404 g/mol. The number of pyridine rings is 1. The molecular formula is C22H17ClN4O2. The minimum Gasteiger partial charge on any atom is -0.464 e. The highest BCUT2D eigenvalue weighted by Crippen LogP contribution is 2.22. The standard InChI is InChI=1S/C22H17ClN4O2/c23-17-1-2-20-18(9-17)21(28)16(13-29-20)12-27-8-5-19-15(11-27)10-25-22(26-19)14-3-6-24-7-4-14/h1-4,6-7,9-10,13H,5,8,11-12H2. The second-order valence-corrected chi connectivity index (χ2v) is 7.53. The van der Waals surface area contributed by atoms with Gasteiger partial charge in [0.2, 0.25) is 0 Å². The molecule has 4 heterocycles. The van der Waals surface area contributed by atoms with Gasteiger partial charge in [-0.3, -0.25) is 14.7 Å². The summed E-state index contributed by atoms with van der Waals surface area (Å²) in [5.41, 5.74) is 4.23. The first-order valence-electron chi connectivity index (χ1n) is 9.35. The highest BCUT2D eigenvalue weighted by Gasteiger charge is 2.20. The summed E-state index contributed by atoms with van der Waals surface area (Å²) < 4.78 is 5.64. The molecule has 144 valence electrons. The Labute approximate surface area is 171 Å². The zero-order valence-electron chi connectivity index (χ0n) is 15.5. The lowest BCUT2D eigenvalue weighted by Crippen LogP contribution is -2.32. The Balaban J connectivity index is 1.38. The molecule has 6 nitrogen and oxygen atoms in total. The van der Waals surface area contributed by atoms with Gasteiger partial charge in [0.15, 0.2) is 11.3 Å². The summed E-state index contributed by atoms with van der Waals surface area (Å²) >= 11 is 6.04. The smallest absolute Gasteiger partial charge is 0.197 e. The van der Waals surface area contributed by atoms with Crippen LogP contribution in [0, 0.1) is 0 Å². The van der Waals surface area contributed by atoms with Crippen molar-refractivity contribution in [2.75, 3.05) is 6.54 Å². The molecule has 0 bridgehead atoms. The van der Waals surface area contributed by atoms with Gasteiger partial charge in [-0.15, -0.1) is 0 Å². The number of hydrogen-bond donors (Lipinski definition) is 0. The summed E-state index contributed by atoms with van der Waals surface area (Å²) in [7, 11) is 0.